The number of halogens is 4. The van der Waals surface area contributed by atoms with Gasteiger partial charge in [-0.3, -0.25) is 0 Å². The summed E-state index contributed by atoms with van der Waals surface area (Å²) in [5.74, 6) is -8.99. The van der Waals surface area contributed by atoms with Crippen molar-refractivity contribution in [1.29, 1.82) is 0 Å². The fourth-order valence-electron chi connectivity index (χ4n) is 2.60. The average Bonchev–Trinajstić information content (AvgIpc) is 2.42. The number of hydrogen-bond donors (Lipinski definition) is 0. The van der Waals surface area contributed by atoms with Crippen molar-refractivity contribution in [2.24, 2.45) is 0 Å². The Kier molecular flexibility index (Phi) is 4.46. The molecule has 21 heavy (non-hydrogen) atoms. The standard InChI is InChI=1S/C13H14F4O3S/c1-21(18,19)20-13-11(16)9(14)8(10(15)12(13)17)7-5-3-2-4-6-7/h7H,2-6H2,1H3. The van der Waals surface area contributed by atoms with E-state index in [1.807, 2.05) is 0 Å². The van der Waals surface area contributed by atoms with Gasteiger partial charge in [-0.25, -0.2) is 8.78 Å². The van der Waals surface area contributed by atoms with Gasteiger partial charge in [0, 0.05) is 5.56 Å². The molecular weight excluding hydrogens is 312 g/mol. The summed E-state index contributed by atoms with van der Waals surface area (Å²) >= 11 is 0. The lowest BCUT2D eigenvalue weighted by atomic mass is 9.83. The van der Waals surface area contributed by atoms with E-state index in [2.05, 4.69) is 4.18 Å². The molecule has 0 unspecified atom stereocenters. The van der Waals surface area contributed by atoms with Crippen LogP contribution in [-0.2, 0) is 10.1 Å². The summed E-state index contributed by atoms with van der Waals surface area (Å²) < 4.78 is 81.5. The summed E-state index contributed by atoms with van der Waals surface area (Å²) in [6.07, 6.45) is 3.72. The summed E-state index contributed by atoms with van der Waals surface area (Å²) in [6, 6.07) is 0. The summed E-state index contributed by atoms with van der Waals surface area (Å²) in [6.45, 7) is 0. The number of hydrogen-bond acceptors (Lipinski definition) is 3. The molecular formula is C13H14F4O3S. The van der Waals surface area contributed by atoms with Crippen LogP contribution < -0.4 is 4.18 Å². The first-order valence-corrected chi connectivity index (χ1v) is 8.29. The molecule has 0 radical (unpaired) electrons. The highest BCUT2D eigenvalue weighted by Gasteiger charge is 2.32. The lowest BCUT2D eigenvalue weighted by molar-refractivity contribution is 0.358. The fourth-order valence-corrected chi connectivity index (χ4v) is 3.05. The summed E-state index contributed by atoms with van der Waals surface area (Å²) in [4.78, 5) is 0. The minimum Gasteiger partial charge on any atom is -0.376 e. The van der Waals surface area contributed by atoms with E-state index in [-0.39, 0.29) is 0 Å². The van der Waals surface area contributed by atoms with Crippen LogP contribution in [0.5, 0.6) is 5.75 Å². The zero-order chi connectivity index (χ0) is 15.8. The zero-order valence-electron chi connectivity index (χ0n) is 11.3. The quantitative estimate of drug-likeness (QED) is 0.484. The fraction of sp³-hybridized carbons (Fsp3) is 0.538. The third kappa shape index (κ3) is 3.30. The number of rotatable bonds is 3. The van der Waals surface area contributed by atoms with E-state index in [4.69, 9.17) is 0 Å². The van der Waals surface area contributed by atoms with E-state index >= 15 is 0 Å². The van der Waals surface area contributed by atoms with Gasteiger partial charge >= 0.3 is 10.1 Å². The van der Waals surface area contributed by atoms with Crippen LogP contribution in [0.15, 0.2) is 0 Å². The molecule has 0 heterocycles. The van der Waals surface area contributed by atoms with Crippen LogP contribution in [0.1, 0.15) is 43.6 Å². The molecule has 0 atom stereocenters. The lowest BCUT2D eigenvalue weighted by Crippen LogP contribution is -2.16. The highest BCUT2D eigenvalue weighted by atomic mass is 32.2. The van der Waals surface area contributed by atoms with Crippen molar-refractivity contribution in [3.8, 4) is 5.75 Å². The lowest BCUT2D eigenvalue weighted by Gasteiger charge is -2.23. The largest absolute Gasteiger partial charge is 0.376 e. The second-order valence-corrected chi connectivity index (χ2v) is 6.70. The minimum atomic E-state index is -4.31. The van der Waals surface area contributed by atoms with Crippen molar-refractivity contribution in [1.82, 2.24) is 0 Å². The molecule has 3 nitrogen and oxygen atoms in total. The second-order valence-electron chi connectivity index (χ2n) is 5.12. The topological polar surface area (TPSA) is 43.4 Å². The van der Waals surface area contributed by atoms with E-state index in [9.17, 15) is 26.0 Å². The molecule has 0 aromatic heterocycles. The molecule has 0 aliphatic heterocycles. The molecule has 1 aliphatic rings. The Bertz CT molecular complexity index is 623. The van der Waals surface area contributed by atoms with Crippen molar-refractivity contribution < 1.29 is 30.2 Å². The van der Waals surface area contributed by atoms with Gasteiger partial charge in [-0.1, -0.05) is 19.3 Å². The smallest absolute Gasteiger partial charge is 0.306 e. The van der Waals surface area contributed by atoms with Crippen LogP contribution in [0.3, 0.4) is 0 Å². The predicted molar refractivity (Wildman–Crippen MR) is 67.6 cm³/mol. The molecule has 0 bridgehead atoms. The van der Waals surface area contributed by atoms with Gasteiger partial charge in [0.2, 0.25) is 17.4 Å². The molecule has 0 N–H and O–H groups in total. The van der Waals surface area contributed by atoms with E-state index in [1.165, 1.54) is 0 Å². The average molecular weight is 326 g/mol. The van der Waals surface area contributed by atoms with Crippen LogP contribution in [0.25, 0.3) is 0 Å². The Labute approximate surface area is 120 Å². The Balaban J connectivity index is 2.55. The first kappa shape index (κ1) is 16.1. The molecule has 1 aromatic carbocycles. The van der Waals surface area contributed by atoms with Gasteiger partial charge in [0.15, 0.2) is 11.6 Å². The van der Waals surface area contributed by atoms with Gasteiger partial charge in [0.25, 0.3) is 0 Å². The van der Waals surface area contributed by atoms with E-state index in [1.54, 1.807) is 0 Å². The van der Waals surface area contributed by atoms with Gasteiger partial charge in [0.05, 0.1) is 6.26 Å². The van der Waals surface area contributed by atoms with Gasteiger partial charge in [-0.2, -0.15) is 17.2 Å². The van der Waals surface area contributed by atoms with Gasteiger partial charge in [-0.15, -0.1) is 0 Å². The molecule has 1 saturated carbocycles. The van der Waals surface area contributed by atoms with Crippen molar-refractivity contribution in [2.45, 2.75) is 38.0 Å². The van der Waals surface area contributed by atoms with E-state index in [0.717, 1.165) is 6.42 Å². The van der Waals surface area contributed by atoms with Gasteiger partial charge in [-0.05, 0) is 18.8 Å². The molecule has 8 heteroatoms. The van der Waals surface area contributed by atoms with Crippen LogP contribution >= 0.6 is 0 Å². The first-order chi connectivity index (χ1) is 9.72. The molecule has 1 aliphatic carbocycles. The third-order valence-corrected chi connectivity index (χ3v) is 3.97. The normalized spacial score (nSPS) is 17.0. The van der Waals surface area contributed by atoms with Crippen molar-refractivity contribution in [2.75, 3.05) is 6.26 Å². The maximum Gasteiger partial charge on any atom is 0.306 e. The monoisotopic (exact) mass is 326 g/mol. The highest BCUT2D eigenvalue weighted by molar-refractivity contribution is 7.86. The predicted octanol–water partition coefficient (Wildman–Crippen LogP) is 3.63. The van der Waals surface area contributed by atoms with Gasteiger partial charge < -0.3 is 4.18 Å². The molecule has 1 aromatic rings. The minimum absolute atomic E-state index is 0.430. The summed E-state index contributed by atoms with van der Waals surface area (Å²) in [7, 11) is -4.31. The zero-order valence-corrected chi connectivity index (χ0v) is 12.1. The van der Waals surface area contributed by atoms with E-state index in [0.29, 0.717) is 31.9 Å². The van der Waals surface area contributed by atoms with E-state index < -0.39 is 50.6 Å². The van der Waals surface area contributed by atoms with Crippen molar-refractivity contribution in [3.63, 3.8) is 0 Å². The maximum absolute atomic E-state index is 14.0. The summed E-state index contributed by atoms with van der Waals surface area (Å²) in [5, 5.41) is 0. The van der Waals surface area contributed by atoms with Gasteiger partial charge in [0.1, 0.15) is 0 Å². The van der Waals surface area contributed by atoms with Crippen molar-refractivity contribution in [3.05, 3.63) is 28.8 Å². The molecule has 0 saturated heterocycles. The molecule has 0 spiro atoms. The van der Waals surface area contributed by atoms with Crippen LogP contribution in [0.2, 0.25) is 0 Å². The first-order valence-electron chi connectivity index (χ1n) is 6.47. The van der Waals surface area contributed by atoms with Crippen LogP contribution in [0.4, 0.5) is 17.6 Å². The summed E-state index contributed by atoms with van der Waals surface area (Å²) in [5.41, 5.74) is -0.662. The maximum atomic E-state index is 14.0. The van der Waals surface area contributed by atoms with Crippen LogP contribution in [-0.4, -0.2) is 14.7 Å². The second kappa shape index (κ2) is 5.82. The van der Waals surface area contributed by atoms with Crippen molar-refractivity contribution >= 4 is 10.1 Å². The SMILES string of the molecule is CS(=O)(=O)Oc1c(F)c(F)c(C2CCCCC2)c(F)c1F. The Morgan fingerprint density at radius 2 is 1.38 bits per heavy atom. The van der Waals surface area contributed by atoms with Crippen LogP contribution in [0, 0.1) is 23.3 Å². The number of benzene rings is 1. The Morgan fingerprint density at radius 1 is 0.905 bits per heavy atom. The highest BCUT2D eigenvalue weighted by Crippen LogP contribution is 2.40. The molecule has 2 rings (SSSR count). The Morgan fingerprint density at radius 3 is 1.81 bits per heavy atom. The third-order valence-electron chi connectivity index (χ3n) is 3.51. The molecule has 0 amide bonds. The Hall–Kier alpha value is -1.31. The molecule has 118 valence electrons. The molecule has 1 fully saturated rings.